The molecule has 3 fully saturated rings. The predicted molar refractivity (Wildman–Crippen MR) is 98.4 cm³/mol. The molecule has 26 heavy (non-hydrogen) atoms. The molecule has 0 aromatic carbocycles. The van der Waals surface area contributed by atoms with Crippen LogP contribution in [0.4, 0.5) is 0 Å². The van der Waals surface area contributed by atoms with E-state index in [4.69, 9.17) is 0 Å². The van der Waals surface area contributed by atoms with Gasteiger partial charge in [0.1, 0.15) is 0 Å². The fourth-order valence-corrected chi connectivity index (χ4v) is 5.20. The first-order valence-corrected chi connectivity index (χ1v) is 10.3. The zero-order chi connectivity index (χ0) is 18.9. The summed E-state index contributed by atoms with van der Waals surface area (Å²) in [4.78, 5) is 29.1. The number of aliphatic hydroxyl groups is 2. The van der Waals surface area contributed by atoms with Crippen LogP contribution in [-0.2, 0) is 9.59 Å². The Balaban J connectivity index is 1.58. The fraction of sp³-hybridized carbons (Fsp3) is 0.900. The van der Waals surface area contributed by atoms with Gasteiger partial charge in [0.2, 0.25) is 11.8 Å². The molecule has 6 nitrogen and oxygen atoms in total. The standard InChI is InChI=1S/C20H34N2O4/c1-15-13-21(17(23)11-19(25)7-3-4-8-19)14-16(2)22(15)18(24)12-20(26)9-5-6-10-20/h15-16,25-26H,3-14H2,1-2H3/t15-,16+. The van der Waals surface area contributed by atoms with Crippen LogP contribution in [-0.4, -0.2) is 68.2 Å². The fourth-order valence-electron chi connectivity index (χ4n) is 5.20. The lowest BCUT2D eigenvalue weighted by molar-refractivity contribution is -0.151. The molecular weight excluding hydrogens is 332 g/mol. The van der Waals surface area contributed by atoms with Gasteiger partial charge in [-0.25, -0.2) is 0 Å². The lowest BCUT2D eigenvalue weighted by Crippen LogP contribution is -2.61. The van der Waals surface area contributed by atoms with E-state index in [1.165, 1.54) is 0 Å². The maximum Gasteiger partial charge on any atom is 0.226 e. The largest absolute Gasteiger partial charge is 0.389 e. The maximum atomic E-state index is 12.8. The van der Waals surface area contributed by atoms with Crippen LogP contribution in [0.2, 0.25) is 0 Å². The molecular formula is C20H34N2O4. The topological polar surface area (TPSA) is 81.1 Å². The summed E-state index contributed by atoms with van der Waals surface area (Å²) in [7, 11) is 0. The highest BCUT2D eigenvalue weighted by atomic mass is 16.3. The Labute approximate surface area is 156 Å². The number of amides is 2. The summed E-state index contributed by atoms with van der Waals surface area (Å²) >= 11 is 0. The van der Waals surface area contributed by atoms with Gasteiger partial charge in [0.15, 0.2) is 0 Å². The van der Waals surface area contributed by atoms with Gasteiger partial charge in [-0.3, -0.25) is 9.59 Å². The third-order valence-electron chi connectivity index (χ3n) is 6.59. The zero-order valence-corrected chi connectivity index (χ0v) is 16.2. The van der Waals surface area contributed by atoms with Crippen LogP contribution in [0.3, 0.4) is 0 Å². The van der Waals surface area contributed by atoms with E-state index in [1.54, 1.807) is 4.90 Å². The number of rotatable bonds is 4. The first kappa shape index (κ1) is 19.6. The van der Waals surface area contributed by atoms with E-state index in [2.05, 4.69) is 0 Å². The highest BCUT2D eigenvalue weighted by molar-refractivity contribution is 5.80. The molecule has 1 saturated heterocycles. The second kappa shape index (κ2) is 7.47. The molecule has 6 heteroatoms. The van der Waals surface area contributed by atoms with Crippen LogP contribution in [0.1, 0.15) is 78.1 Å². The van der Waals surface area contributed by atoms with Gasteiger partial charge < -0.3 is 20.0 Å². The molecule has 1 heterocycles. The van der Waals surface area contributed by atoms with Crippen molar-refractivity contribution < 1.29 is 19.8 Å². The molecule has 2 N–H and O–H groups in total. The van der Waals surface area contributed by atoms with Crippen LogP contribution < -0.4 is 0 Å². The monoisotopic (exact) mass is 366 g/mol. The number of hydrogen-bond donors (Lipinski definition) is 2. The lowest BCUT2D eigenvalue weighted by atomic mass is 9.94. The van der Waals surface area contributed by atoms with Crippen molar-refractivity contribution in [3.05, 3.63) is 0 Å². The Morgan fingerprint density at radius 2 is 1.19 bits per heavy atom. The Hall–Kier alpha value is -1.14. The molecule has 3 aliphatic rings. The van der Waals surface area contributed by atoms with Gasteiger partial charge in [-0.15, -0.1) is 0 Å². The number of piperazine rings is 1. The smallest absolute Gasteiger partial charge is 0.226 e. The average molecular weight is 367 g/mol. The molecule has 2 amide bonds. The Morgan fingerprint density at radius 1 is 0.808 bits per heavy atom. The Bertz CT molecular complexity index is 526. The minimum atomic E-state index is -0.838. The van der Waals surface area contributed by atoms with Gasteiger partial charge in [-0.1, -0.05) is 25.7 Å². The summed E-state index contributed by atoms with van der Waals surface area (Å²) in [5.74, 6) is -0.00876. The summed E-state index contributed by atoms with van der Waals surface area (Å²) in [5.41, 5.74) is -1.67. The summed E-state index contributed by atoms with van der Waals surface area (Å²) in [6, 6.07) is -0.142. The SMILES string of the molecule is C[C@@H]1CN(C(=O)CC2(O)CCCC2)C[C@H](C)N1C(=O)CC1(O)CCCC1. The van der Waals surface area contributed by atoms with E-state index in [9.17, 15) is 19.8 Å². The van der Waals surface area contributed by atoms with E-state index in [0.717, 1.165) is 25.7 Å². The first-order valence-electron chi connectivity index (χ1n) is 10.3. The van der Waals surface area contributed by atoms with Gasteiger partial charge in [-0.2, -0.15) is 0 Å². The average Bonchev–Trinajstić information content (AvgIpc) is 3.15. The van der Waals surface area contributed by atoms with E-state index in [-0.39, 0.29) is 36.7 Å². The van der Waals surface area contributed by atoms with Gasteiger partial charge >= 0.3 is 0 Å². The van der Waals surface area contributed by atoms with Crippen molar-refractivity contribution in [3.63, 3.8) is 0 Å². The van der Waals surface area contributed by atoms with Crippen molar-refractivity contribution in [2.75, 3.05) is 13.1 Å². The third-order valence-corrected chi connectivity index (χ3v) is 6.59. The van der Waals surface area contributed by atoms with Gasteiger partial charge in [0.05, 0.1) is 24.0 Å². The van der Waals surface area contributed by atoms with Gasteiger partial charge in [0, 0.05) is 25.2 Å². The minimum absolute atomic E-state index is 0.00378. The molecule has 2 saturated carbocycles. The summed E-state index contributed by atoms with van der Waals surface area (Å²) in [6.45, 7) is 4.94. The van der Waals surface area contributed by atoms with Crippen molar-refractivity contribution in [2.24, 2.45) is 0 Å². The quantitative estimate of drug-likeness (QED) is 0.795. The normalized spacial score (nSPS) is 30.6. The number of hydrogen-bond acceptors (Lipinski definition) is 4. The first-order chi connectivity index (χ1) is 12.2. The molecule has 148 valence electrons. The predicted octanol–water partition coefficient (Wildman–Crippen LogP) is 1.82. The molecule has 0 aromatic heterocycles. The molecule has 1 aliphatic heterocycles. The van der Waals surface area contributed by atoms with Gasteiger partial charge in [-0.05, 0) is 39.5 Å². The van der Waals surface area contributed by atoms with Crippen LogP contribution in [0.5, 0.6) is 0 Å². The molecule has 0 bridgehead atoms. The van der Waals surface area contributed by atoms with E-state index in [0.29, 0.717) is 38.8 Å². The molecule has 2 atom stereocenters. The lowest BCUT2D eigenvalue weighted by Gasteiger charge is -2.45. The van der Waals surface area contributed by atoms with E-state index < -0.39 is 11.2 Å². The summed E-state index contributed by atoms with van der Waals surface area (Å²) in [6.07, 6.45) is 7.16. The molecule has 0 radical (unpaired) electrons. The molecule has 0 aromatic rings. The highest BCUT2D eigenvalue weighted by Gasteiger charge is 2.41. The number of carbonyl (C=O) groups excluding carboxylic acids is 2. The zero-order valence-electron chi connectivity index (χ0n) is 16.2. The van der Waals surface area contributed by atoms with Crippen molar-refractivity contribution in [1.29, 1.82) is 0 Å². The van der Waals surface area contributed by atoms with Crippen molar-refractivity contribution in [3.8, 4) is 0 Å². The van der Waals surface area contributed by atoms with Gasteiger partial charge in [0.25, 0.3) is 0 Å². The second-order valence-electron chi connectivity index (χ2n) is 9.01. The molecule has 0 spiro atoms. The van der Waals surface area contributed by atoms with E-state index >= 15 is 0 Å². The third kappa shape index (κ3) is 4.22. The van der Waals surface area contributed by atoms with Crippen molar-refractivity contribution >= 4 is 11.8 Å². The number of nitrogens with zero attached hydrogens (tertiary/aromatic N) is 2. The Kier molecular flexibility index (Phi) is 5.63. The maximum absolute atomic E-state index is 12.8. The second-order valence-corrected chi connectivity index (χ2v) is 9.01. The Morgan fingerprint density at radius 3 is 1.62 bits per heavy atom. The minimum Gasteiger partial charge on any atom is -0.389 e. The summed E-state index contributed by atoms with van der Waals surface area (Å²) < 4.78 is 0. The summed E-state index contributed by atoms with van der Waals surface area (Å²) in [5, 5.41) is 21.1. The van der Waals surface area contributed by atoms with Crippen LogP contribution >= 0.6 is 0 Å². The van der Waals surface area contributed by atoms with Crippen LogP contribution in [0.15, 0.2) is 0 Å². The van der Waals surface area contributed by atoms with Crippen LogP contribution in [0, 0.1) is 0 Å². The highest BCUT2D eigenvalue weighted by Crippen LogP contribution is 2.35. The molecule has 0 unspecified atom stereocenters. The van der Waals surface area contributed by atoms with Crippen LogP contribution in [0.25, 0.3) is 0 Å². The van der Waals surface area contributed by atoms with E-state index in [1.807, 2.05) is 18.7 Å². The molecule has 2 aliphatic carbocycles. The van der Waals surface area contributed by atoms with Crippen molar-refractivity contribution in [2.45, 2.75) is 101 Å². The molecule has 3 rings (SSSR count). The number of carbonyl (C=O) groups is 2. The van der Waals surface area contributed by atoms with Crippen molar-refractivity contribution in [1.82, 2.24) is 9.80 Å².